The van der Waals surface area contributed by atoms with Crippen LogP contribution in [0.15, 0.2) is 58.3 Å². The fourth-order valence-electron chi connectivity index (χ4n) is 1.51. The van der Waals surface area contributed by atoms with E-state index in [2.05, 4.69) is 4.18 Å². The van der Waals surface area contributed by atoms with E-state index in [1.807, 2.05) is 13.8 Å². The summed E-state index contributed by atoms with van der Waals surface area (Å²) in [5.41, 5.74) is 1.97. The molecule has 0 aliphatic heterocycles. The van der Waals surface area contributed by atoms with Crippen LogP contribution in [0.4, 0.5) is 0 Å². The summed E-state index contributed by atoms with van der Waals surface area (Å²) < 4.78 is 56.1. The monoisotopic (exact) mass is 358 g/mol. The molecule has 2 aromatic carbocycles. The number of aryl methyl sites for hydroxylation is 2. The van der Waals surface area contributed by atoms with Gasteiger partial charge in [-0.05, 0) is 38.1 Å². The van der Waals surface area contributed by atoms with E-state index < -0.39 is 20.2 Å². The molecule has 8 heteroatoms. The molecule has 0 radical (unpaired) electrons. The molecule has 1 N–H and O–H groups in total. The van der Waals surface area contributed by atoms with Crippen molar-refractivity contribution in [3.05, 3.63) is 59.7 Å². The summed E-state index contributed by atoms with van der Waals surface area (Å²) in [6.07, 6.45) is 0. The number of hydrogen-bond donors (Lipinski definition) is 1. The fourth-order valence-corrected chi connectivity index (χ4v) is 2.65. The Morgan fingerprint density at radius 3 is 1.39 bits per heavy atom. The van der Waals surface area contributed by atoms with E-state index in [9.17, 15) is 16.8 Å². The Hall–Kier alpha value is -1.74. The molecule has 2 rings (SSSR count). The lowest BCUT2D eigenvalue weighted by atomic mass is 10.2. The molecule has 126 valence electrons. The zero-order valence-electron chi connectivity index (χ0n) is 12.9. The molecule has 0 bridgehead atoms. The zero-order valence-corrected chi connectivity index (χ0v) is 14.6. The molecule has 0 unspecified atom stereocenters. The first kappa shape index (κ1) is 19.3. The second-order valence-corrected chi connectivity index (χ2v) is 7.86. The molecule has 0 saturated heterocycles. The Bertz CT molecular complexity index is 836. The van der Waals surface area contributed by atoms with E-state index in [0.29, 0.717) is 0 Å². The average Bonchev–Trinajstić information content (AvgIpc) is 2.48. The number of benzene rings is 2. The molecule has 0 heterocycles. The summed E-state index contributed by atoms with van der Waals surface area (Å²) in [5.74, 6) is 0. The summed E-state index contributed by atoms with van der Waals surface area (Å²) in [6, 6.07) is 12.5. The van der Waals surface area contributed by atoms with Crippen molar-refractivity contribution >= 4 is 20.2 Å². The van der Waals surface area contributed by atoms with Gasteiger partial charge >= 0.3 is 0 Å². The van der Waals surface area contributed by atoms with Gasteiger partial charge in [0.1, 0.15) is 0 Å². The molecule has 0 aliphatic rings. The lowest BCUT2D eigenvalue weighted by Crippen LogP contribution is -2.02. The summed E-state index contributed by atoms with van der Waals surface area (Å²) in [4.78, 5) is 0.124. The van der Waals surface area contributed by atoms with Crippen molar-refractivity contribution in [1.82, 2.24) is 0 Å². The van der Waals surface area contributed by atoms with E-state index in [1.165, 1.54) is 24.3 Å². The lowest BCUT2D eigenvalue weighted by Gasteiger charge is -2.00. The largest absolute Gasteiger partial charge is 0.296 e. The Kier molecular flexibility index (Phi) is 6.46. The van der Waals surface area contributed by atoms with Gasteiger partial charge in [0.2, 0.25) is 0 Å². The highest BCUT2D eigenvalue weighted by molar-refractivity contribution is 7.86. The molecular formula is C15H18O6S2. The molecule has 0 aromatic heterocycles. The van der Waals surface area contributed by atoms with Gasteiger partial charge in [-0.1, -0.05) is 35.4 Å². The minimum atomic E-state index is -4.02. The predicted octanol–water partition coefficient (Wildman–Crippen LogP) is 2.57. The normalized spacial score (nSPS) is 11.5. The van der Waals surface area contributed by atoms with E-state index in [0.717, 1.165) is 18.2 Å². The van der Waals surface area contributed by atoms with Crippen LogP contribution in [0.3, 0.4) is 0 Å². The Labute approximate surface area is 136 Å². The van der Waals surface area contributed by atoms with E-state index in [-0.39, 0.29) is 9.79 Å². The molecule has 2 aromatic rings. The van der Waals surface area contributed by atoms with Crippen LogP contribution in [-0.4, -0.2) is 28.5 Å². The molecule has 0 amide bonds. The standard InChI is InChI=1S/C8H10O3S.C7H8O3S/c1-7-3-5-8(6-4-7)12(9,10)11-2;1-6-2-4-7(5-3-6)11(8,9)10/h3-6H,1-2H3;2-5H,1H3,(H,8,9,10). The Balaban J connectivity index is 0.000000231. The van der Waals surface area contributed by atoms with Crippen LogP contribution >= 0.6 is 0 Å². The molecule has 0 fully saturated rings. The molecule has 6 nitrogen and oxygen atoms in total. The van der Waals surface area contributed by atoms with Crippen molar-refractivity contribution in [2.24, 2.45) is 0 Å². The maximum Gasteiger partial charge on any atom is 0.296 e. The minimum Gasteiger partial charge on any atom is -0.282 e. The van der Waals surface area contributed by atoms with E-state index >= 15 is 0 Å². The second-order valence-electron chi connectivity index (χ2n) is 4.72. The van der Waals surface area contributed by atoms with Gasteiger partial charge in [0.25, 0.3) is 20.2 Å². The zero-order chi connectivity index (χ0) is 17.7. The van der Waals surface area contributed by atoms with Crippen LogP contribution in [0.5, 0.6) is 0 Å². The highest BCUT2D eigenvalue weighted by Gasteiger charge is 2.11. The second kappa shape index (κ2) is 7.69. The van der Waals surface area contributed by atoms with Crippen LogP contribution in [-0.2, 0) is 24.4 Å². The Morgan fingerprint density at radius 2 is 1.09 bits per heavy atom. The lowest BCUT2D eigenvalue weighted by molar-refractivity contribution is 0.397. The van der Waals surface area contributed by atoms with E-state index in [1.54, 1.807) is 24.3 Å². The van der Waals surface area contributed by atoms with Crippen LogP contribution in [0.25, 0.3) is 0 Å². The highest BCUT2D eigenvalue weighted by Crippen LogP contribution is 2.11. The topological polar surface area (TPSA) is 97.7 Å². The first-order valence-corrected chi connectivity index (χ1v) is 9.32. The fraction of sp³-hybridized carbons (Fsp3) is 0.200. The quantitative estimate of drug-likeness (QED) is 0.669. The van der Waals surface area contributed by atoms with Crippen LogP contribution < -0.4 is 0 Å². The van der Waals surface area contributed by atoms with Crippen molar-refractivity contribution in [3.8, 4) is 0 Å². The SMILES string of the molecule is COS(=O)(=O)c1ccc(C)cc1.Cc1ccc(S(=O)(=O)O)cc1. The summed E-state index contributed by atoms with van der Waals surface area (Å²) in [5, 5.41) is 0. The Morgan fingerprint density at radius 1 is 0.739 bits per heavy atom. The third kappa shape index (κ3) is 6.11. The first-order chi connectivity index (χ1) is 10.6. The van der Waals surface area contributed by atoms with Crippen molar-refractivity contribution in [3.63, 3.8) is 0 Å². The van der Waals surface area contributed by atoms with Crippen molar-refractivity contribution in [2.75, 3.05) is 7.11 Å². The average molecular weight is 358 g/mol. The summed E-state index contributed by atoms with van der Waals surface area (Å²) in [6.45, 7) is 3.73. The minimum absolute atomic E-state index is 0.0666. The van der Waals surface area contributed by atoms with Crippen molar-refractivity contribution < 1.29 is 25.6 Å². The van der Waals surface area contributed by atoms with E-state index in [4.69, 9.17) is 4.55 Å². The summed E-state index contributed by atoms with van der Waals surface area (Å²) in [7, 11) is -6.39. The maximum atomic E-state index is 11.1. The summed E-state index contributed by atoms with van der Waals surface area (Å²) >= 11 is 0. The van der Waals surface area contributed by atoms with Gasteiger partial charge in [-0.25, -0.2) is 0 Å². The van der Waals surface area contributed by atoms with Gasteiger partial charge in [-0.15, -0.1) is 0 Å². The van der Waals surface area contributed by atoms with Crippen LogP contribution in [0.2, 0.25) is 0 Å². The molecule has 0 aliphatic carbocycles. The van der Waals surface area contributed by atoms with Gasteiger partial charge in [0.05, 0.1) is 16.9 Å². The predicted molar refractivity (Wildman–Crippen MR) is 86.4 cm³/mol. The van der Waals surface area contributed by atoms with Crippen LogP contribution in [0, 0.1) is 13.8 Å². The van der Waals surface area contributed by atoms with Gasteiger partial charge < -0.3 is 0 Å². The third-order valence-corrected chi connectivity index (χ3v) is 5.00. The molecule has 0 atom stereocenters. The van der Waals surface area contributed by atoms with Gasteiger partial charge in [-0.2, -0.15) is 16.8 Å². The number of rotatable bonds is 3. The van der Waals surface area contributed by atoms with Gasteiger partial charge in [-0.3, -0.25) is 8.74 Å². The van der Waals surface area contributed by atoms with Gasteiger partial charge in [0, 0.05) is 0 Å². The first-order valence-electron chi connectivity index (χ1n) is 6.48. The van der Waals surface area contributed by atoms with Crippen LogP contribution in [0.1, 0.15) is 11.1 Å². The smallest absolute Gasteiger partial charge is 0.282 e. The van der Waals surface area contributed by atoms with Gasteiger partial charge in [0.15, 0.2) is 0 Å². The van der Waals surface area contributed by atoms with Crippen molar-refractivity contribution in [1.29, 1.82) is 0 Å². The molecular weight excluding hydrogens is 340 g/mol. The highest BCUT2D eigenvalue weighted by atomic mass is 32.2. The van der Waals surface area contributed by atoms with Crippen molar-refractivity contribution in [2.45, 2.75) is 23.6 Å². The number of hydrogen-bond acceptors (Lipinski definition) is 5. The maximum absolute atomic E-state index is 11.1. The third-order valence-electron chi connectivity index (χ3n) is 2.85. The molecule has 23 heavy (non-hydrogen) atoms. The molecule has 0 spiro atoms. The molecule has 0 saturated carbocycles.